The van der Waals surface area contributed by atoms with E-state index in [0.29, 0.717) is 6.04 Å². The summed E-state index contributed by atoms with van der Waals surface area (Å²) in [5, 5.41) is 10.7. The Bertz CT molecular complexity index is 470. The standard InChI is InChI=1S/C21H37N3O/c1-5-19(13-12-18(3)22(4)25)21(6-2)24-16-14-23(15-17-24)20-10-8-7-9-11-20/h5,12-13,20-21,25H,1,6-11,14-17H2,2-4H3/b18-12+,19-13+. The lowest BCUT2D eigenvalue weighted by Crippen LogP contribution is -2.53. The van der Waals surface area contributed by atoms with Crippen LogP contribution in [0.25, 0.3) is 0 Å². The highest BCUT2D eigenvalue weighted by molar-refractivity contribution is 5.28. The van der Waals surface area contributed by atoms with Gasteiger partial charge in [0.25, 0.3) is 0 Å². The molecule has 1 aliphatic carbocycles. The Hall–Kier alpha value is -1.10. The summed E-state index contributed by atoms with van der Waals surface area (Å²) in [5.41, 5.74) is 2.08. The second-order valence-electron chi connectivity index (χ2n) is 7.49. The molecule has 142 valence electrons. The van der Waals surface area contributed by atoms with E-state index in [1.165, 1.54) is 50.8 Å². The fraction of sp³-hybridized carbons (Fsp3) is 0.714. The van der Waals surface area contributed by atoms with Crippen LogP contribution in [0.5, 0.6) is 0 Å². The molecule has 0 aromatic rings. The van der Waals surface area contributed by atoms with Crippen molar-refractivity contribution in [2.24, 2.45) is 0 Å². The molecule has 1 aliphatic heterocycles. The fourth-order valence-electron chi connectivity index (χ4n) is 4.20. The van der Waals surface area contributed by atoms with Gasteiger partial charge in [-0.25, -0.2) is 0 Å². The molecule has 1 atom stereocenters. The van der Waals surface area contributed by atoms with Crippen molar-refractivity contribution >= 4 is 0 Å². The topological polar surface area (TPSA) is 30.0 Å². The zero-order valence-electron chi connectivity index (χ0n) is 16.5. The van der Waals surface area contributed by atoms with Crippen LogP contribution in [0.1, 0.15) is 52.4 Å². The average molecular weight is 348 g/mol. The van der Waals surface area contributed by atoms with Crippen molar-refractivity contribution in [3.63, 3.8) is 0 Å². The van der Waals surface area contributed by atoms with Crippen molar-refractivity contribution in [3.05, 3.63) is 36.1 Å². The molecule has 1 saturated carbocycles. The summed E-state index contributed by atoms with van der Waals surface area (Å²) in [7, 11) is 1.65. The third-order valence-corrected chi connectivity index (χ3v) is 5.92. The van der Waals surface area contributed by atoms with Gasteiger partial charge in [0.1, 0.15) is 0 Å². The Labute approximate surface area is 154 Å². The van der Waals surface area contributed by atoms with E-state index in [9.17, 15) is 5.21 Å². The molecular weight excluding hydrogens is 310 g/mol. The normalized spacial score (nSPS) is 23.5. The van der Waals surface area contributed by atoms with Gasteiger partial charge < -0.3 is 0 Å². The van der Waals surface area contributed by atoms with E-state index in [4.69, 9.17) is 0 Å². The van der Waals surface area contributed by atoms with Gasteiger partial charge in [-0.2, -0.15) is 0 Å². The summed E-state index contributed by atoms with van der Waals surface area (Å²) in [5.74, 6) is 0. The lowest BCUT2D eigenvalue weighted by Gasteiger charge is -2.43. The fourth-order valence-corrected chi connectivity index (χ4v) is 4.20. The molecule has 2 aliphatic rings. The van der Waals surface area contributed by atoms with E-state index in [0.717, 1.165) is 36.3 Å². The summed E-state index contributed by atoms with van der Waals surface area (Å²) in [6.45, 7) is 12.9. The zero-order chi connectivity index (χ0) is 18.2. The molecule has 1 saturated heterocycles. The minimum Gasteiger partial charge on any atom is -0.298 e. The molecule has 25 heavy (non-hydrogen) atoms. The van der Waals surface area contributed by atoms with Crippen molar-refractivity contribution in [3.8, 4) is 0 Å². The van der Waals surface area contributed by atoms with Gasteiger partial charge in [-0.3, -0.25) is 20.1 Å². The first-order chi connectivity index (χ1) is 12.1. The van der Waals surface area contributed by atoms with Crippen LogP contribution in [0.3, 0.4) is 0 Å². The predicted molar refractivity (Wildman–Crippen MR) is 106 cm³/mol. The molecule has 1 heterocycles. The number of hydrogen-bond acceptors (Lipinski definition) is 4. The first kappa shape index (κ1) is 20.2. The van der Waals surface area contributed by atoms with Gasteiger partial charge in [0, 0.05) is 51.0 Å². The molecule has 0 radical (unpaired) electrons. The van der Waals surface area contributed by atoms with Crippen LogP contribution < -0.4 is 0 Å². The lowest BCUT2D eigenvalue weighted by atomic mass is 9.93. The average Bonchev–Trinajstić information content (AvgIpc) is 2.65. The minimum atomic E-state index is 0.416. The summed E-state index contributed by atoms with van der Waals surface area (Å²) in [6, 6.07) is 1.25. The highest BCUT2D eigenvalue weighted by Gasteiger charge is 2.28. The predicted octanol–water partition coefficient (Wildman–Crippen LogP) is 4.05. The van der Waals surface area contributed by atoms with Crippen LogP contribution in [0.4, 0.5) is 0 Å². The molecule has 0 amide bonds. The first-order valence-corrected chi connectivity index (χ1v) is 9.98. The Balaban J connectivity index is 1.97. The Morgan fingerprint density at radius 3 is 2.32 bits per heavy atom. The van der Waals surface area contributed by atoms with E-state index in [-0.39, 0.29) is 0 Å². The number of nitrogens with zero attached hydrogens (tertiary/aromatic N) is 3. The lowest BCUT2D eigenvalue weighted by molar-refractivity contribution is -0.0277. The van der Waals surface area contributed by atoms with Gasteiger partial charge in [0.2, 0.25) is 0 Å². The number of hydrogen-bond donors (Lipinski definition) is 1. The van der Waals surface area contributed by atoms with Crippen LogP contribution >= 0.6 is 0 Å². The smallest absolute Gasteiger partial charge is 0.0374 e. The summed E-state index contributed by atoms with van der Waals surface area (Å²) < 4.78 is 0. The second-order valence-corrected chi connectivity index (χ2v) is 7.49. The molecule has 4 heteroatoms. The van der Waals surface area contributed by atoms with E-state index in [1.807, 2.05) is 19.1 Å². The van der Waals surface area contributed by atoms with E-state index in [2.05, 4.69) is 29.4 Å². The van der Waals surface area contributed by atoms with Crippen molar-refractivity contribution in [1.29, 1.82) is 0 Å². The molecule has 1 N–H and O–H groups in total. The zero-order valence-corrected chi connectivity index (χ0v) is 16.5. The number of hydroxylamine groups is 2. The second kappa shape index (κ2) is 10.1. The maximum Gasteiger partial charge on any atom is 0.0374 e. The maximum absolute atomic E-state index is 9.50. The molecule has 0 aromatic carbocycles. The molecule has 1 unspecified atom stereocenters. The molecule has 2 rings (SSSR count). The number of rotatable bonds is 7. The van der Waals surface area contributed by atoms with E-state index < -0.39 is 0 Å². The van der Waals surface area contributed by atoms with E-state index >= 15 is 0 Å². The van der Waals surface area contributed by atoms with Gasteiger partial charge >= 0.3 is 0 Å². The van der Waals surface area contributed by atoms with Crippen molar-refractivity contribution < 1.29 is 5.21 Å². The SMILES string of the molecule is C=C/C(=C\C=C(/C)N(C)O)C(CC)N1CCN(C2CCCCC2)CC1. The van der Waals surface area contributed by atoms with E-state index in [1.54, 1.807) is 7.05 Å². The van der Waals surface area contributed by atoms with Crippen molar-refractivity contribution in [2.75, 3.05) is 33.2 Å². The summed E-state index contributed by atoms with van der Waals surface area (Å²) in [4.78, 5) is 5.34. The Morgan fingerprint density at radius 1 is 1.16 bits per heavy atom. The Kier molecular flexibility index (Phi) is 8.20. The van der Waals surface area contributed by atoms with Crippen LogP contribution in [0.15, 0.2) is 36.1 Å². The van der Waals surface area contributed by atoms with Gasteiger partial charge in [-0.15, -0.1) is 0 Å². The molecule has 4 nitrogen and oxygen atoms in total. The maximum atomic E-state index is 9.50. The Morgan fingerprint density at radius 2 is 1.80 bits per heavy atom. The molecular formula is C21H37N3O. The summed E-state index contributed by atoms with van der Waals surface area (Å²) >= 11 is 0. The third-order valence-electron chi connectivity index (χ3n) is 5.92. The van der Waals surface area contributed by atoms with Crippen LogP contribution in [0.2, 0.25) is 0 Å². The number of allylic oxidation sites excluding steroid dienone is 3. The largest absolute Gasteiger partial charge is 0.298 e. The highest BCUT2D eigenvalue weighted by Crippen LogP contribution is 2.25. The minimum absolute atomic E-state index is 0.416. The summed E-state index contributed by atoms with van der Waals surface area (Å²) in [6.07, 6.45) is 14.2. The van der Waals surface area contributed by atoms with Gasteiger partial charge in [0.05, 0.1) is 0 Å². The quantitative estimate of drug-likeness (QED) is 0.556. The van der Waals surface area contributed by atoms with Crippen LogP contribution in [0, 0.1) is 0 Å². The highest BCUT2D eigenvalue weighted by atomic mass is 16.5. The molecule has 0 spiro atoms. The first-order valence-electron chi connectivity index (χ1n) is 9.98. The monoisotopic (exact) mass is 347 g/mol. The van der Waals surface area contributed by atoms with Crippen LogP contribution in [-0.4, -0.2) is 65.4 Å². The molecule has 0 aromatic heterocycles. The van der Waals surface area contributed by atoms with Crippen LogP contribution in [-0.2, 0) is 0 Å². The van der Waals surface area contributed by atoms with Gasteiger partial charge in [-0.1, -0.05) is 44.9 Å². The van der Waals surface area contributed by atoms with Crippen molar-refractivity contribution in [1.82, 2.24) is 14.9 Å². The number of piperazine rings is 1. The molecule has 0 bridgehead atoms. The van der Waals surface area contributed by atoms with Gasteiger partial charge in [-0.05, 0) is 37.8 Å². The van der Waals surface area contributed by atoms with Crippen molar-refractivity contribution in [2.45, 2.75) is 64.5 Å². The van der Waals surface area contributed by atoms with Gasteiger partial charge in [0.15, 0.2) is 0 Å². The third kappa shape index (κ3) is 5.70. The molecule has 2 fully saturated rings.